The lowest BCUT2D eigenvalue weighted by atomic mass is 10.3. The minimum Gasteiger partial charge on any atom is -0.258 e. The van der Waals surface area contributed by atoms with Crippen molar-refractivity contribution in [2.45, 2.75) is 6.42 Å². The first-order valence-corrected chi connectivity index (χ1v) is 4.50. The van der Waals surface area contributed by atoms with Gasteiger partial charge in [-0.1, -0.05) is 6.08 Å². The van der Waals surface area contributed by atoms with Crippen molar-refractivity contribution < 1.29 is 4.92 Å². The van der Waals surface area contributed by atoms with Gasteiger partial charge in [-0.2, -0.15) is 5.10 Å². The minimum absolute atomic E-state index is 0.0868. The van der Waals surface area contributed by atoms with E-state index in [1.54, 1.807) is 23.4 Å². The van der Waals surface area contributed by atoms with Crippen LogP contribution in [-0.2, 0) is 0 Å². The molecule has 5 heteroatoms. The number of non-ortho nitro benzene ring substituents is 1. The van der Waals surface area contributed by atoms with Crippen molar-refractivity contribution in [1.82, 2.24) is 0 Å². The summed E-state index contributed by atoms with van der Waals surface area (Å²) in [7, 11) is 0. The lowest BCUT2D eigenvalue weighted by molar-refractivity contribution is -0.384. The quantitative estimate of drug-likeness (QED) is 0.547. The number of allylic oxidation sites excluding steroid dienone is 1. The van der Waals surface area contributed by atoms with Crippen LogP contribution in [-0.4, -0.2) is 11.1 Å². The first-order chi connectivity index (χ1) is 7.27. The number of nitrogens with zero attached hydrogens (tertiary/aromatic N) is 3. The first kappa shape index (κ1) is 9.39. The van der Waals surface area contributed by atoms with Crippen molar-refractivity contribution in [3.8, 4) is 0 Å². The predicted octanol–water partition coefficient (Wildman–Crippen LogP) is 2.30. The van der Waals surface area contributed by atoms with Gasteiger partial charge < -0.3 is 0 Å². The van der Waals surface area contributed by atoms with E-state index in [4.69, 9.17) is 0 Å². The van der Waals surface area contributed by atoms with Crippen molar-refractivity contribution in [3.05, 3.63) is 46.7 Å². The van der Waals surface area contributed by atoms with Gasteiger partial charge in [0.1, 0.15) is 0 Å². The molecule has 0 spiro atoms. The third kappa shape index (κ3) is 2.01. The molecule has 1 heterocycles. The molecule has 0 radical (unpaired) electrons. The molecule has 2 rings (SSSR count). The molecular weight excluding hydrogens is 194 g/mol. The number of hydrogen-bond donors (Lipinski definition) is 0. The van der Waals surface area contributed by atoms with Gasteiger partial charge in [-0.25, -0.2) is 5.01 Å². The topological polar surface area (TPSA) is 58.7 Å². The highest BCUT2D eigenvalue weighted by Crippen LogP contribution is 2.20. The highest BCUT2D eigenvalue weighted by Gasteiger charge is 2.07. The maximum atomic E-state index is 10.4. The minimum atomic E-state index is -0.418. The molecule has 0 saturated heterocycles. The predicted molar refractivity (Wildman–Crippen MR) is 57.8 cm³/mol. The Bertz CT molecular complexity index is 411. The summed E-state index contributed by atoms with van der Waals surface area (Å²) in [6.45, 7) is 0. The van der Waals surface area contributed by atoms with E-state index in [2.05, 4.69) is 5.10 Å². The Kier molecular flexibility index (Phi) is 2.45. The largest absolute Gasteiger partial charge is 0.269 e. The lowest BCUT2D eigenvalue weighted by Gasteiger charge is -2.15. The molecule has 0 N–H and O–H groups in total. The van der Waals surface area contributed by atoms with E-state index >= 15 is 0 Å². The van der Waals surface area contributed by atoms with Crippen LogP contribution in [0, 0.1) is 10.1 Å². The molecule has 0 amide bonds. The average molecular weight is 203 g/mol. The van der Waals surface area contributed by atoms with E-state index in [0.717, 1.165) is 12.1 Å². The molecule has 1 aromatic carbocycles. The summed E-state index contributed by atoms with van der Waals surface area (Å²) in [4.78, 5) is 10.0. The monoisotopic (exact) mass is 203 g/mol. The van der Waals surface area contributed by atoms with Gasteiger partial charge in [0.15, 0.2) is 0 Å². The first-order valence-electron chi connectivity index (χ1n) is 4.50. The van der Waals surface area contributed by atoms with Crippen molar-refractivity contribution in [3.63, 3.8) is 0 Å². The van der Waals surface area contributed by atoms with E-state index in [1.165, 1.54) is 12.1 Å². The molecule has 0 atom stereocenters. The van der Waals surface area contributed by atoms with Crippen LogP contribution in [0.5, 0.6) is 0 Å². The van der Waals surface area contributed by atoms with Gasteiger partial charge >= 0.3 is 0 Å². The molecule has 15 heavy (non-hydrogen) atoms. The number of nitro benzene ring substituents is 1. The summed E-state index contributed by atoms with van der Waals surface area (Å²) in [6, 6.07) is 6.27. The molecule has 0 bridgehead atoms. The second-order valence-electron chi connectivity index (χ2n) is 3.04. The standard InChI is InChI=1S/C10H9N3O2/c14-13(15)10-5-3-9(4-6-10)12-8-2-1-7-11-12/h2-8H,1H2. The Morgan fingerprint density at radius 3 is 2.60 bits per heavy atom. The molecule has 5 nitrogen and oxygen atoms in total. The molecular formula is C10H9N3O2. The third-order valence-electron chi connectivity index (χ3n) is 2.02. The molecule has 0 fully saturated rings. The number of hydrogen-bond acceptors (Lipinski definition) is 4. The van der Waals surface area contributed by atoms with Crippen LogP contribution >= 0.6 is 0 Å². The molecule has 1 aliphatic heterocycles. The summed E-state index contributed by atoms with van der Waals surface area (Å²) >= 11 is 0. The Hall–Kier alpha value is -2.17. The fourth-order valence-electron chi connectivity index (χ4n) is 1.27. The highest BCUT2D eigenvalue weighted by molar-refractivity contribution is 5.65. The SMILES string of the molecule is O=[N+]([O-])c1ccc(N2C=CCC=N2)cc1. The number of nitro groups is 1. The van der Waals surface area contributed by atoms with Gasteiger partial charge in [0.05, 0.1) is 10.6 Å². The van der Waals surface area contributed by atoms with Crippen molar-refractivity contribution >= 4 is 17.6 Å². The summed E-state index contributed by atoms with van der Waals surface area (Å²) < 4.78 is 0. The molecule has 1 aromatic rings. The number of anilines is 1. The van der Waals surface area contributed by atoms with Gasteiger partial charge in [-0.15, -0.1) is 0 Å². The Balaban J connectivity index is 2.23. The summed E-state index contributed by atoms with van der Waals surface area (Å²) in [5.74, 6) is 0. The highest BCUT2D eigenvalue weighted by atomic mass is 16.6. The number of rotatable bonds is 2. The molecule has 0 aromatic heterocycles. The lowest BCUT2D eigenvalue weighted by Crippen LogP contribution is -2.10. The van der Waals surface area contributed by atoms with Crippen LogP contribution in [0.4, 0.5) is 11.4 Å². The Morgan fingerprint density at radius 1 is 1.33 bits per heavy atom. The van der Waals surface area contributed by atoms with Crippen molar-refractivity contribution in [1.29, 1.82) is 0 Å². The van der Waals surface area contributed by atoms with Crippen molar-refractivity contribution in [2.75, 3.05) is 5.01 Å². The van der Waals surface area contributed by atoms with E-state index in [1.807, 2.05) is 12.3 Å². The second-order valence-corrected chi connectivity index (χ2v) is 3.04. The molecule has 1 aliphatic rings. The maximum Gasteiger partial charge on any atom is 0.269 e. The smallest absolute Gasteiger partial charge is 0.258 e. The van der Waals surface area contributed by atoms with Gasteiger partial charge in [-0.05, 0) is 12.1 Å². The fourth-order valence-corrected chi connectivity index (χ4v) is 1.27. The average Bonchev–Trinajstić information content (AvgIpc) is 2.30. The molecule has 76 valence electrons. The summed E-state index contributed by atoms with van der Waals surface area (Å²) in [5, 5.41) is 16.2. The fraction of sp³-hybridized carbons (Fsp3) is 0.100. The summed E-state index contributed by atoms with van der Waals surface area (Å²) in [5.41, 5.74) is 0.900. The van der Waals surface area contributed by atoms with E-state index < -0.39 is 4.92 Å². The van der Waals surface area contributed by atoms with Crippen LogP contribution in [0.25, 0.3) is 0 Å². The Morgan fingerprint density at radius 2 is 2.07 bits per heavy atom. The summed E-state index contributed by atoms with van der Waals surface area (Å²) in [6.07, 6.45) is 6.40. The van der Waals surface area contributed by atoms with E-state index in [-0.39, 0.29) is 5.69 Å². The Labute approximate surface area is 86.5 Å². The molecule has 0 unspecified atom stereocenters. The zero-order valence-electron chi connectivity index (χ0n) is 7.91. The van der Waals surface area contributed by atoms with Crippen LogP contribution in [0.3, 0.4) is 0 Å². The zero-order chi connectivity index (χ0) is 10.7. The van der Waals surface area contributed by atoms with Gasteiger partial charge in [0, 0.05) is 31.0 Å². The maximum absolute atomic E-state index is 10.4. The van der Waals surface area contributed by atoms with Gasteiger partial charge in [0.2, 0.25) is 0 Å². The van der Waals surface area contributed by atoms with Gasteiger partial charge in [-0.3, -0.25) is 10.1 Å². The number of benzene rings is 1. The van der Waals surface area contributed by atoms with Crippen LogP contribution in [0.1, 0.15) is 6.42 Å². The molecule has 0 saturated carbocycles. The van der Waals surface area contributed by atoms with E-state index in [0.29, 0.717) is 0 Å². The van der Waals surface area contributed by atoms with Crippen LogP contribution in [0.15, 0.2) is 41.6 Å². The zero-order valence-corrected chi connectivity index (χ0v) is 7.91. The van der Waals surface area contributed by atoms with E-state index in [9.17, 15) is 10.1 Å². The third-order valence-corrected chi connectivity index (χ3v) is 2.02. The normalized spacial score (nSPS) is 14.3. The second kappa shape index (κ2) is 3.91. The van der Waals surface area contributed by atoms with Crippen LogP contribution < -0.4 is 5.01 Å². The molecule has 0 aliphatic carbocycles. The van der Waals surface area contributed by atoms with Crippen LogP contribution in [0.2, 0.25) is 0 Å². The number of hydrazone groups is 1. The van der Waals surface area contributed by atoms with Gasteiger partial charge in [0.25, 0.3) is 5.69 Å². The van der Waals surface area contributed by atoms with Crippen molar-refractivity contribution in [2.24, 2.45) is 5.10 Å².